The number of carboxylic acid groups (broad SMARTS) is 2. The molecule has 1 saturated heterocycles. The number of rotatable bonds is 17. The number of carboxylic acids is 2. The van der Waals surface area contributed by atoms with Crippen LogP contribution in [0.3, 0.4) is 0 Å². The zero-order valence-electron chi connectivity index (χ0n) is 32.9. The standard InChI is InChI=1S/C10H18O8.C10H14O4.C9H14O5.C8H8O3/c1-15-17-5-7(3-9(11)12)8(4-10(13)14)6-18-16-2;1-13-9(11)7-5-3-4-6-8(7)10(12)14-2;1-12-9(11)8-4-7(10)3-6(8)5-14-13-2;9-7-5-3-1-2-4-6(5)8(10)11-7/h7-8H,3-6H2,1-2H3,(H,11,12)(H,13,14);3-4,7-8H,5-6H2,1-2H3;6,8H,3-5H2,1-2H3;1-2,5-6H,3-4H2. The van der Waals surface area contributed by atoms with E-state index in [0.717, 1.165) is 0 Å². The molecule has 0 spiro atoms. The molecule has 8 atom stereocenters. The van der Waals surface area contributed by atoms with E-state index in [-0.39, 0.29) is 98.4 Å². The first-order chi connectivity index (χ1) is 27.2. The third-order valence-corrected chi connectivity index (χ3v) is 9.43. The minimum atomic E-state index is -1.05. The predicted molar refractivity (Wildman–Crippen MR) is 189 cm³/mol. The van der Waals surface area contributed by atoms with Gasteiger partial charge in [-0.2, -0.15) is 0 Å². The van der Waals surface area contributed by atoms with Crippen molar-refractivity contribution in [2.75, 3.05) is 62.5 Å². The van der Waals surface area contributed by atoms with Crippen molar-refractivity contribution in [1.82, 2.24) is 0 Å². The van der Waals surface area contributed by atoms with E-state index < -0.39 is 35.6 Å². The van der Waals surface area contributed by atoms with Crippen LogP contribution in [0.4, 0.5) is 0 Å². The van der Waals surface area contributed by atoms with Crippen LogP contribution in [0.25, 0.3) is 0 Å². The van der Waals surface area contributed by atoms with Crippen molar-refractivity contribution in [1.29, 1.82) is 0 Å². The molecule has 3 aliphatic carbocycles. The summed E-state index contributed by atoms with van der Waals surface area (Å²) in [4.78, 5) is 116. The molecule has 4 aliphatic rings. The maximum Gasteiger partial charge on any atom is 0.317 e. The molecule has 2 N–H and O–H groups in total. The highest BCUT2D eigenvalue weighted by Crippen LogP contribution is 2.33. The lowest BCUT2D eigenvalue weighted by Crippen LogP contribution is -2.32. The van der Waals surface area contributed by atoms with Crippen LogP contribution in [-0.2, 0) is 86.6 Å². The molecule has 8 unspecified atom stereocenters. The van der Waals surface area contributed by atoms with Crippen molar-refractivity contribution in [3.8, 4) is 0 Å². The Hall–Kier alpha value is -4.60. The Morgan fingerprint density at radius 1 is 0.596 bits per heavy atom. The molecule has 1 aliphatic heterocycles. The van der Waals surface area contributed by atoms with Crippen molar-refractivity contribution in [3.05, 3.63) is 24.3 Å². The van der Waals surface area contributed by atoms with Gasteiger partial charge in [-0.1, -0.05) is 24.3 Å². The van der Waals surface area contributed by atoms with Gasteiger partial charge in [0.15, 0.2) is 0 Å². The molecular formula is C37H54O20. The number of carbonyl (C=O) groups is 8. The molecule has 0 aromatic carbocycles. The number of allylic oxidation sites excluding steroid dienone is 4. The Kier molecular flexibility index (Phi) is 24.7. The topological polar surface area (TPSA) is 269 Å². The van der Waals surface area contributed by atoms with Gasteiger partial charge in [-0.15, -0.1) is 0 Å². The molecule has 20 nitrogen and oxygen atoms in total. The van der Waals surface area contributed by atoms with Crippen molar-refractivity contribution in [2.24, 2.45) is 47.3 Å². The van der Waals surface area contributed by atoms with Crippen LogP contribution < -0.4 is 0 Å². The Morgan fingerprint density at radius 3 is 1.35 bits per heavy atom. The molecule has 20 heteroatoms. The molecule has 0 amide bonds. The summed E-state index contributed by atoms with van der Waals surface area (Å²) in [5.41, 5.74) is 0. The van der Waals surface area contributed by atoms with Gasteiger partial charge in [0, 0.05) is 30.6 Å². The summed E-state index contributed by atoms with van der Waals surface area (Å²) in [7, 11) is 7.94. The SMILES string of the molecule is COC(=O)C1CC=CCC1C(=O)OC.COOCC(CC(=O)O)C(COOC)CC(=O)O.COOCC1CC(=O)CC1C(=O)OC.O=C1OC(=O)C2CC=CCC12. The van der Waals surface area contributed by atoms with Crippen LogP contribution >= 0.6 is 0 Å². The third-order valence-electron chi connectivity index (χ3n) is 9.43. The monoisotopic (exact) mass is 818 g/mol. The van der Waals surface area contributed by atoms with Crippen molar-refractivity contribution in [2.45, 2.75) is 51.4 Å². The molecule has 322 valence electrons. The molecular weight excluding hydrogens is 764 g/mol. The lowest BCUT2D eigenvalue weighted by Gasteiger charge is -2.23. The number of hydrogen-bond donors (Lipinski definition) is 2. The fourth-order valence-electron chi connectivity index (χ4n) is 6.39. The number of carbonyl (C=O) groups excluding carboxylic acids is 6. The van der Waals surface area contributed by atoms with E-state index in [1.54, 1.807) is 0 Å². The summed E-state index contributed by atoms with van der Waals surface area (Å²) < 4.78 is 18.4. The lowest BCUT2D eigenvalue weighted by atomic mass is 9.83. The van der Waals surface area contributed by atoms with E-state index in [1.165, 1.54) is 42.7 Å². The summed E-state index contributed by atoms with van der Waals surface area (Å²) in [6.45, 7) is 0.184. The third kappa shape index (κ3) is 18.0. The van der Waals surface area contributed by atoms with Gasteiger partial charge in [0.25, 0.3) is 0 Å². The van der Waals surface area contributed by atoms with Crippen LogP contribution in [0, 0.1) is 47.3 Å². The normalized spacial score (nSPS) is 24.1. The number of esters is 5. The van der Waals surface area contributed by atoms with Gasteiger partial charge in [0.1, 0.15) is 5.78 Å². The maximum absolute atomic E-state index is 11.3. The van der Waals surface area contributed by atoms with Gasteiger partial charge in [-0.3, -0.25) is 38.4 Å². The second-order valence-electron chi connectivity index (χ2n) is 13.0. The Morgan fingerprint density at radius 2 is 0.982 bits per heavy atom. The molecule has 0 radical (unpaired) electrons. The molecule has 1 saturated carbocycles. The van der Waals surface area contributed by atoms with Gasteiger partial charge in [-0.05, 0) is 25.7 Å². The largest absolute Gasteiger partial charge is 0.481 e. The van der Waals surface area contributed by atoms with Crippen LogP contribution in [0.15, 0.2) is 24.3 Å². The fraction of sp³-hybridized carbons (Fsp3) is 0.676. The first kappa shape index (κ1) is 50.4. The number of ketones is 1. The van der Waals surface area contributed by atoms with Crippen LogP contribution in [0.5, 0.6) is 0 Å². The van der Waals surface area contributed by atoms with Gasteiger partial charge in [0.2, 0.25) is 0 Å². The highest BCUT2D eigenvalue weighted by Gasteiger charge is 2.44. The molecule has 0 aromatic heterocycles. The fourth-order valence-corrected chi connectivity index (χ4v) is 6.39. The molecule has 0 aromatic rings. The summed E-state index contributed by atoms with van der Waals surface area (Å²) in [6, 6.07) is 0. The second kappa shape index (κ2) is 27.9. The van der Waals surface area contributed by atoms with E-state index in [2.05, 4.69) is 43.4 Å². The van der Waals surface area contributed by atoms with Crippen molar-refractivity contribution >= 4 is 47.6 Å². The molecule has 4 rings (SSSR count). The van der Waals surface area contributed by atoms with E-state index in [0.29, 0.717) is 32.1 Å². The minimum Gasteiger partial charge on any atom is -0.481 e. The molecule has 57 heavy (non-hydrogen) atoms. The first-order valence-electron chi connectivity index (χ1n) is 17.9. The number of hydrogen-bond acceptors (Lipinski definition) is 18. The van der Waals surface area contributed by atoms with Crippen molar-refractivity contribution in [3.63, 3.8) is 0 Å². The zero-order chi connectivity index (χ0) is 42.9. The molecule has 1 heterocycles. The smallest absolute Gasteiger partial charge is 0.317 e. The zero-order valence-corrected chi connectivity index (χ0v) is 32.9. The van der Waals surface area contributed by atoms with Gasteiger partial charge in [0.05, 0.1) is 105 Å². The van der Waals surface area contributed by atoms with Crippen molar-refractivity contribution < 1.29 is 96.8 Å². The predicted octanol–water partition coefficient (Wildman–Crippen LogP) is 2.22. The Balaban J connectivity index is 0.000000384. The van der Waals surface area contributed by atoms with E-state index in [4.69, 9.17) is 15.1 Å². The van der Waals surface area contributed by atoms with Gasteiger partial charge >= 0.3 is 41.8 Å². The highest BCUT2D eigenvalue weighted by atomic mass is 17.2. The number of cyclic esters (lactones) is 2. The number of fused-ring (bicyclic) bond motifs is 1. The van der Waals surface area contributed by atoms with E-state index in [9.17, 15) is 38.4 Å². The van der Waals surface area contributed by atoms with Gasteiger partial charge < -0.3 is 29.2 Å². The van der Waals surface area contributed by atoms with Crippen LogP contribution in [0.2, 0.25) is 0 Å². The van der Waals surface area contributed by atoms with Crippen LogP contribution in [-0.4, -0.2) is 120 Å². The summed E-state index contributed by atoms with van der Waals surface area (Å²) in [6.07, 6.45) is 10.2. The summed E-state index contributed by atoms with van der Waals surface area (Å²) >= 11 is 0. The van der Waals surface area contributed by atoms with E-state index >= 15 is 0 Å². The Bertz CT molecular complexity index is 1310. The number of methoxy groups -OCH3 is 3. The minimum absolute atomic E-state index is 0.0339. The number of Topliss-reactive ketones (excluding diaryl/α,β-unsaturated/α-hetero) is 1. The van der Waals surface area contributed by atoms with Gasteiger partial charge in [-0.25, -0.2) is 29.3 Å². The lowest BCUT2D eigenvalue weighted by molar-refractivity contribution is -0.298. The van der Waals surface area contributed by atoms with Crippen LogP contribution in [0.1, 0.15) is 51.4 Å². The average molecular weight is 819 g/mol. The number of aliphatic carboxylic acids is 2. The highest BCUT2D eigenvalue weighted by molar-refractivity contribution is 5.96. The Labute approximate surface area is 329 Å². The second-order valence-corrected chi connectivity index (χ2v) is 13.0. The molecule has 0 bridgehead atoms. The maximum atomic E-state index is 11.3. The average Bonchev–Trinajstić information content (AvgIpc) is 3.73. The summed E-state index contributed by atoms with van der Waals surface area (Å²) in [5.74, 6) is -6.48. The quantitative estimate of drug-likeness (QED) is 0.0532. The first-order valence-corrected chi connectivity index (χ1v) is 17.9. The van der Waals surface area contributed by atoms with E-state index in [1.807, 2.05) is 24.3 Å². The summed E-state index contributed by atoms with van der Waals surface area (Å²) in [5, 5.41) is 17.6. The number of ether oxygens (including phenoxy) is 4. The molecule has 2 fully saturated rings.